The predicted octanol–water partition coefficient (Wildman–Crippen LogP) is 3.82. The fraction of sp³-hybridized carbons (Fsp3) is 0.478. The maximum absolute atomic E-state index is 12.8. The van der Waals surface area contributed by atoms with Crippen molar-refractivity contribution < 1.29 is 14.3 Å². The average molecular weight is 398 g/mol. The summed E-state index contributed by atoms with van der Waals surface area (Å²) < 4.78 is 7.61. The lowest BCUT2D eigenvalue weighted by Gasteiger charge is -2.33. The molecule has 0 aliphatic carbocycles. The van der Waals surface area contributed by atoms with Gasteiger partial charge in [0.05, 0.1) is 6.54 Å². The normalized spacial score (nSPS) is 15.0. The van der Waals surface area contributed by atoms with Gasteiger partial charge in [-0.3, -0.25) is 9.69 Å². The molecule has 6 nitrogen and oxygen atoms in total. The molecule has 0 N–H and O–H groups in total. The van der Waals surface area contributed by atoms with Gasteiger partial charge in [0.2, 0.25) is 0 Å². The number of aryl methyl sites for hydroxylation is 1. The van der Waals surface area contributed by atoms with Crippen LogP contribution in [0, 0.1) is 13.8 Å². The Morgan fingerprint density at radius 1 is 1.03 bits per heavy atom. The number of aromatic nitrogens is 1. The number of ether oxygens (including phenoxy) is 1. The summed E-state index contributed by atoms with van der Waals surface area (Å²) in [7, 11) is 0. The second-order valence-electron chi connectivity index (χ2n) is 7.98. The summed E-state index contributed by atoms with van der Waals surface area (Å²) in [5.41, 5.74) is 3.93. The molecule has 1 amide bonds. The first kappa shape index (κ1) is 21.1. The zero-order valence-corrected chi connectivity index (χ0v) is 17.9. The van der Waals surface area contributed by atoms with Crippen LogP contribution in [0.4, 0.5) is 4.79 Å². The third kappa shape index (κ3) is 5.07. The van der Waals surface area contributed by atoms with Gasteiger partial charge in [0, 0.05) is 49.2 Å². The molecule has 6 heteroatoms. The SMILES string of the molecule is Cc1cc(C(=O)CN2CCN(C(=O)OCc3ccccc3)CC2)c(C)n1C(C)C. The highest BCUT2D eigenvalue weighted by Crippen LogP contribution is 2.21. The van der Waals surface area contributed by atoms with E-state index in [1.807, 2.05) is 50.2 Å². The summed E-state index contributed by atoms with van der Waals surface area (Å²) in [6.07, 6.45) is -0.291. The molecule has 0 radical (unpaired) electrons. The van der Waals surface area contributed by atoms with Crippen molar-refractivity contribution in [3.8, 4) is 0 Å². The molecular weight excluding hydrogens is 366 g/mol. The minimum absolute atomic E-state index is 0.144. The zero-order chi connectivity index (χ0) is 21.0. The number of Topliss-reactive ketones (excluding diaryl/α,β-unsaturated/α-hetero) is 1. The van der Waals surface area contributed by atoms with Crippen LogP contribution < -0.4 is 0 Å². The third-order valence-electron chi connectivity index (χ3n) is 5.50. The first-order chi connectivity index (χ1) is 13.9. The molecule has 0 bridgehead atoms. The van der Waals surface area contributed by atoms with Gasteiger partial charge < -0.3 is 14.2 Å². The topological polar surface area (TPSA) is 54.8 Å². The molecule has 2 heterocycles. The van der Waals surface area contributed by atoms with Gasteiger partial charge in [-0.15, -0.1) is 0 Å². The Balaban J connectivity index is 1.49. The van der Waals surface area contributed by atoms with E-state index < -0.39 is 0 Å². The molecule has 1 fully saturated rings. The molecule has 1 aromatic carbocycles. The molecule has 1 aliphatic heterocycles. The quantitative estimate of drug-likeness (QED) is 0.696. The second kappa shape index (κ2) is 9.27. The number of hydrogen-bond donors (Lipinski definition) is 0. The van der Waals surface area contributed by atoms with Crippen LogP contribution in [-0.4, -0.2) is 59.0 Å². The van der Waals surface area contributed by atoms with Gasteiger partial charge in [-0.2, -0.15) is 0 Å². The number of ketones is 1. The summed E-state index contributed by atoms with van der Waals surface area (Å²) >= 11 is 0. The lowest BCUT2D eigenvalue weighted by Crippen LogP contribution is -2.50. The largest absolute Gasteiger partial charge is 0.445 e. The molecule has 1 saturated heterocycles. The molecular formula is C23H31N3O3. The Bertz CT molecular complexity index is 850. The predicted molar refractivity (Wildman–Crippen MR) is 113 cm³/mol. The molecule has 156 valence electrons. The first-order valence-electron chi connectivity index (χ1n) is 10.3. The fourth-order valence-electron chi connectivity index (χ4n) is 4.04. The molecule has 0 saturated carbocycles. The average Bonchev–Trinajstić information content (AvgIpc) is 3.01. The molecule has 0 spiro atoms. The Morgan fingerprint density at radius 3 is 2.28 bits per heavy atom. The van der Waals surface area contributed by atoms with Crippen LogP contribution in [0.15, 0.2) is 36.4 Å². The van der Waals surface area contributed by atoms with E-state index in [4.69, 9.17) is 4.74 Å². The summed E-state index contributed by atoms with van der Waals surface area (Å²) in [5.74, 6) is 0.144. The highest BCUT2D eigenvalue weighted by Gasteiger charge is 2.25. The molecule has 2 aromatic rings. The number of carbonyl (C=O) groups is 2. The van der Waals surface area contributed by atoms with Gasteiger partial charge >= 0.3 is 6.09 Å². The summed E-state index contributed by atoms with van der Waals surface area (Å²) in [6, 6.07) is 12.0. The van der Waals surface area contributed by atoms with E-state index in [1.54, 1.807) is 4.90 Å². The van der Waals surface area contributed by atoms with E-state index in [2.05, 4.69) is 23.3 Å². The number of piperazine rings is 1. The summed E-state index contributed by atoms with van der Waals surface area (Å²) in [5, 5.41) is 0. The molecule has 1 aromatic heterocycles. The molecule has 29 heavy (non-hydrogen) atoms. The van der Waals surface area contributed by atoms with Gasteiger partial charge in [-0.1, -0.05) is 30.3 Å². The number of hydrogen-bond acceptors (Lipinski definition) is 4. The van der Waals surface area contributed by atoms with Gasteiger partial charge in [0.25, 0.3) is 0 Å². The first-order valence-corrected chi connectivity index (χ1v) is 10.3. The van der Waals surface area contributed by atoms with Crippen LogP contribution >= 0.6 is 0 Å². The van der Waals surface area contributed by atoms with E-state index in [-0.39, 0.29) is 18.5 Å². The van der Waals surface area contributed by atoms with Gasteiger partial charge in [0.1, 0.15) is 6.61 Å². The standard InChI is InChI=1S/C23H31N3O3/c1-17(2)26-18(3)14-21(19(26)4)22(27)15-24-10-12-25(13-11-24)23(28)29-16-20-8-6-5-7-9-20/h5-9,14,17H,10-13,15-16H2,1-4H3. The molecule has 0 unspecified atom stereocenters. The van der Waals surface area contributed by atoms with E-state index in [0.717, 1.165) is 22.5 Å². The van der Waals surface area contributed by atoms with Crippen molar-refractivity contribution in [2.75, 3.05) is 32.7 Å². The van der Waals surface area contributed by atoms with Crippen LogP contribution in [-0.2, 0) is 11.3 Å². The fourth-order valence-corrected chi connectivity index (χ4v) is 4.04. The van der Waals surface area contributed by atoms with Crippen LogP contribution in [0.25, 0.3) is 0 Å². The number of rotatable bonds is 6. The Hall–Kier alpha value is -2.60. The van der Waals surface area contributed by atoms with Crippen LogP contribution in [0.2, 0.25) is 0 Å². The highest BCUT2D eigenvalue weighted by molar-refractivity contribution is 5.99. The lowest BCUT2D eigenvalue weighted by molar-refractivity contribution is 0.0678. The van der Waals surface area contributed by atoms with Crippen molar-refractivity contribution in [2.45, 2.75) is 40.3 Å². The Kier molecular flexibility index (Phi) is 6.75. The van der Waals surface area contributed by atoms with Crippen molar-refractivity contribution in [2.24, 2.45) is 0 Å². The number of amides is 1. The van der Waals surface area contributed by atoms with E-state index >= 15 is 0 Å². The van der Waals surface area contributed by atoms with E-state index in [9.17, 15) is 9.59 Å². The minimum atomic E-state index is -0.291. The lowest BCUT2D eigenvalue weighted by atomic mass is 10.1. The summed E-state index contributed by atoms with van der Waals surface area (Å²) in [4.78, 5) is 29.0. The van der Waals surface area contributed by atoms with Gasteiger partial charge in [0.15, 0.2) is 5.78 Å². The number of benzene rings is 1. The van der Waals surface area contributed by atoms with E-state index in [1.165, 1.54) is 0 Å². The van der Waals surface area contributed by atoms with Crippen molar-refractivity contribution in [1.82, 2.24) is 14.4 Å². The smallest absolute Gasteiger partial charge is 0.410 e. The van der Waals surface area contributed by atoms with Crippen molar-refractivity contribution >= 4 is 11.9 Å². The highest BCUT2D eigenvalue weighted by atomic mass is 16.6. The maximum Gasteiger partial charge on any atom is 0.410 e. The monoisotopic (exact) mass is 397 g/mol. The Labute approximate surface area is 173 Å². The van der Waals surface area contributed by atoms with Crippen molar-refractivity contribution in [1.29, 1.82) is 0 Å². The van der Waals surface area contributed by atoms with Gasteiger partial charge in [-0.05, 0) is 39.3 Å². The van der Waals surface area contributed by atoms with Gasteiger partial charge in [-0.25, -0.2) is 4.79 Å². The molecule has 0 atom stereocenters. The van der Waals surface area contributed by atoms with Crippen LogP contribution in [0.1, 0.15) is 47.2 Å². The zero-order valence-electron chi connectivity index (χ0n) is 17.9. The van der Waals surface area contributed by atoms with Crippen LogP contribution in [0.3, 0.4) is 0 Å². The molecule has 1 aliphatic rings. The van der Waals surface area contributed by atoms with Crippen LogP contribution in [0.5, 0.6) is 0 Å². The number of nitrogens with zero attached hydrogens (tertiary/aromatic N) is 3. The number of carbonyl (C=O) groups excluding carboxylic acids is 2. The molecule has 3 rings (SSSR count). The van der Waals surface area contributed by atoms with Crippen molar-refractivity contribution in [3.05, 3.63) is 58.9 Å². The Morgan fingerprint density at radius 2 is 1.69 bits per heavy atom. The third-order valence-corrected chi connectivity index (χ3v) is 5.50. The van der Waals surface area contributed by atoms with Crippen molar-refractivity contribution in [3.63, 3.8) is 0 Å². The van der Waals surface area contributed by atoms with E-state index in [0.29, 0.717) is 38.8 Å². The maximum atomic E-state index is 12.8. The second-order valence-corrected chi connectivity index (χ2v) is 7.98. The minimum Gasteiger partial charge on any atom is -0.445 e. The summed E-state index contributed by atoms with van der Waals surface area (Å²) in [6.45, 7) is 11.5.